The summed E-state index contributed by atoms with van der Waals surface area (Å²) in [5, 5.41) is 0. The van der Waals surface area contributed by atoms with Crippen LogP contribution in [-0.4, -0.2) is 8.80 Å². The molecule has 4 rings (SSSR count). The highest BCUT2D eigenvalue weighted by Gasteiger charge is 2.31. The van der Waals surface area contributed by atoms with Crippen LogP contribution < -0.4 is 0 Å². The molecule has 2 aliphatic rings. The summed E-state index contributed by atoms with van der Waals surface area (Å²) in [6.07, 6.45) is 20.3. The second-order valence-corrected chi connectivity index (χ2v) is 15.3. The minimum absolute atomic E-state index is 0.00154. The minimum Gasteiger partial charge on any atom is -0.206 e. The number of benzene rings is 2. The van der Waals surface area contributed by atoms with E-state index in [0.29, 0.717) is 0 Å². The first-order chi connectivity index (χ1) is 18.2. The summed E-state index contributed by atoms with van der Waals surface area (Å²) in [6, 6.07) is 19.3. The molecule has 1 aliphatic carbocycles. The smallest absolute Gasteiger partial charge is 0.131 e. The predicted molar refractivity (Wildman–Crippen MR) is 161 cm³/mol. The van der Waals surface area contributed by atoms with E-state index in [1.807, 2.05) is 6.07 Å². The van der Waals surface area contributed by atoms with Crippen LogP contribution in [0.1, 0.15) is 108 Å². The number of hydrogen-bond donors (Lipinski definition) is 0. The van der Waals surface area contributed by atoms with Crippen LogP contribution in [0.2, 0.25) is 18.1 Å². The van der Waals surface area contributed by atoms with Gasteiger partial charge in [-0.15, -0.1) is 0 Å². The SMILES string of the molecule is CCCCCc1ccc(-c2ccc(CCC3CCC(C4CC[Si](CCCCC)CC4)CC3)cc2F)cc1. The molecule has 1 radical (unpaired) electrons. The van der Waals surface area contributed by atoms with Gasteiger partial charge < -0.3 is 0 Å². The van der Waals surface area contributed by atoms with Gasteiger partial charge in [-0.3, -0.25) is 0 Å². The first-order valence-electron chi connectivity index (χ1n) is 15.9. The highest BCUT2D eigenvalue weighted by atomic mass is 28.3. The Balaban J connectivity index is 1.18. The van der Waals surface area contributed by atoms with E-state index in [9.17, 15) is 0 Å². The van der Waals surface area contributed by atoms with Crippen molar-refractivity contribution >= 4 is 8.80 Å². The molecule has 0 aromatic heterocycles. The zero-order valence-corrected chi connectivity index (χ0v) is 24.9. The van der Waals surface area contributed by atoms with Gasteiger partial charge in [0.25, 0.3) is 0 Å². The molecule has 2 fully saturated rings. The summed E-state index contributed by atoms with van der Waals surface area (Å²) in [6.45, 7) is 4.57. The van der Waals surface area contributed by atoms with Gasteiger partial charge in [-0.2, -0.15) is 0 Å². The standard InChI is InChI=1S/C35H52FSi/c1-3-5-7-9-28-14-19-33(20-15-28)34-21-16-30(27-35(34)36)11-10-29-12-17-31(18-13-29)32-22-25-37(26-23-32)24-8-6-4-2/h14-16,19-21,27,29,31-32H,3-13,17-18,22-26H2,1-2H3. The summed E-state index contributed by atoms with van der Waals surface area (Å²) in [5.74, 6) is 2.82. The van der Waals surface area contributed by atoms with E-state index in [2.05, 4.69) is 44.2 Å². The Morgan fingerprint density at radius 1 is 0.703 bits per heavy atom. The highest BCUT2D eigenvalue weighted by molar-refractivity contribution is 6.58. The van der Waals surface area contributed by atoms with E-state index < -0.39 is 0 Å². The van der Waals surface area contributed by atoms with Gasteiger partial charge in [0, 0.05) is 14.4 Å². The molecule has 0 amide bonds. The van der Waals surface area contributed by atoms with Crippen molar-refractivity contribution in [2.45, 2.75) is 128 Å². The molecule has 0 spiro atoms. The van der Waals surface area contributed by atoms with Gasteiger partial charge in [-0.05, 0) is 79.0 Å². The van der Waals surface area contributed by atoms with Crippen LogP contribution in [0.15, 0.2) is 42.5 Å². The van der Waals surface area contributed by atoms with Crippen molar-refractivity contribution in [3.05, 3.63) is 59.4 Å². The molecule has 2 aromatic carbocycles. The zero-order valence-electron chi connectivity index (χ0n) is 23.9. The maximum Gasteiger partial charge on any atom is 0.131 e. The summed E-state index contributed by atoms with van der Waals surface area (Å²) in [7, 11) is -0.00154. The third kappa shape index (κ3) is 8.80. The van der Waals surface area contributed by atoms with E-state index in [-0.39, 0.29) is 14.6 Å². The summed E-state index contributed by atoms with van der Waals surface area (Å²) in [5.41, 5.74) is 4.27. The number of aryl methyl sites for hydroxylation is 2. The molecule has 2 aromatic rings. The van der Waals surface area contributed by atoms with Gasteiger partial charge in [0.2, 0.25) is 0 Å². The molecular formula is C35H52FSi. The zero-order chi connectivity index (χ0) is 25.9. The average molecular weight is 520 g/mol. The summed E-state index contributed by atoms with van der Waals surface area (Å²) < 4.78 is 15.0. The molecule has 1 saturated carbocycles. The Kier molecular flexibility index (Phi) is 11.8. The fraction of sp³-hybridized carbons (Fsp3) is 0.657. The molecule has 2 heteroatoms. The van der Waals surface area contributed by atoms with Crippen LogP contribution in [0.25, 0.3) is 11.1 Å². The summed E-state index contributed by atoms with van der Waals surface area (Å²) in [4.78, 5) is 0. The fourth-order valence-electron chi connectivity index (χ4n) is 7.09. The average Bonchev–Trinajstić information content (AvgIpc) is 2.93. The lowest BCUT2D eigenvalue weighted by Gasteiger charge is -2.37. The molecule has 1 aliphatic heterocycles. The Hall–Kier alpha value is -1.41. The van der Waals surface area contributed by atoms with Crippen molar-refractivity contribution in [3.63, 3.8) is 0 Å². The van der Waals surface area contributed by atoms with Crippen molar-refractivity contribution in [1.29, 1.82) is 0 Å². The molecule has 203 valence electrons. The van der Waals surface area contributed by atoms with Crippen molar-refractivity contribution < 1.29 is 4.39 Å². The maximum absolute atomic E-state index is 15.0. The monoisotopic (exact) mass is 519 g/mol. The Bertz CT molecular complexity index is 903. The largest absolute Gasteiger partial charge is 0.206 e. The van der Waals surface area contributed by atoms with Crippen molar-refractivity contribution in [2.75, 3.05) is 0 Å². The molecule has 0 atom stereocenters. The van der Waals surface area contributed by atoms with Gasteiger partial charge >= 0.3 is 0 Å². The van der Waals surface area contributed by atoms with E-state index in [1.165, 1.54) is 81.8 Å². The molecular weight excluding hydrogens is 467 g/mol. The van der Waals surface area contributed by atoms with Crippen molar-refractivity contribution in [1.82, 2.24) is 0 Å². The van der Waals surface area contributed by atoms with Crippen LogP contribution in [0.5, 0.6) is 0 Å². The third-order valence-electron chi connectivity index (χ3n) is 9.64. The van der Waals surface area contributed by atoms with E-state index in [0.717, 1.165) is 41.7 Å². The van der Waals surface area contributed by atoms with Gasteiger partial charge in [-0.1, -0.05) is 126 Å². The number of unbranched alkanes of at least 4 members (excludes halogenated alkanes) is 4. The van der Waals surface area contributed by atoms with Crippen LogP contribution in [0, 0.1) is 23.6 Å². The lowest BCUT2D eigenvalue weighted by Crippen LogP contribution is -2.28. The first kappa shape index (κ1) is 28.6. The minimum atomic E-state index is -0.0622. The maximum atomic E-state index is 15.0. The summed E-state index contributed by atoms with van der Waals surface area (Å²) >= 11 is 0. The molecule has 0 N–H and O–H groups in total. The number of halogens is 1. The van der Waals surface area contributed by atoms with Crippen LogP contribution in [-0.2, 0) is 12.8 Å². The third-order valence-corrected chi connectivity index (χ3v) is 12.7. The van der Waals surface area contributed by atoms with Gasteiger partial charge in [-0.25, -0.2) is 4.39 Å². The highest BCUT2D eigenvalue weighted by Crippen LogP contribution is 2.42. The lowest BCUT2D eigenvalue weighted by atomic mass is 9.73. The van der Waals surface area contributed by atoms with Crippen LogP contribution in [0.3, 0.4) is 0 Å². The Morgan fingerprint density at radius 3 is 2.03 bits per heavy atom. The fourth-order valence-corrected chi connectivity index (χ4v) is 10.2. The second-order valence-electron chi connectivity index (χ2n) is 12.3. The molecule has 1 heterocycles. The predicted octanol–water partition coefficient (Wildman–Crippen LogP) is 11.1. The molecule has 37 heavy (non-hydrogen) atoms. The van der Waals surface area contributed by atoms with Gasteiger partial charge in [0.1, 0.15) is 5.82 Å². The van der Waals surface area contributed by atoms with Gasteiger partial charge in [0.05, 0.1) is 0 Å². The van der Waals surface area contributed by atoms with Gasteiger partial charge in [0.15, 0.2) is 0 Å². The lowest BCUT2D eigenvalue weighted by molar-refractivity contribution is 0.186. The molecule has 0 bridgehead atoms. The van der Waals surface area contributed by atoms with E-state index in [1.54, 1.807) is 37.0 Å². The normalized spacial score (nSPS) is 21.4. The quantitative estimate of drug-likeness (QED) is 0.182. The van der Waals surface area contributed by atoms with Crippen LogP contribution >= 0.6 is 0 Å². The topological polar surface area (TPSA) is 0 Å². The number of hydrogen-bond acceptors (Lipinski definition) is 0. The molecule has 0 nitrogen and oxygen atoms in total. The van der Waals surface area contributed by atoms with E-state index >= 15 is 4.39 Å². The Labute approximate surface area is 229 Å². The first-order valence-corrected chi connectivity index (χ1v) is 18.0. The molecule has 1 saturated heterocycles. The number of rotatable bonds is 13. The van der Waals surface area contributed by atoms with Crippen LogP contribution in [0.4, 0.5) is 4.39 Å². The van der Waals surface area contributed by atoms with Crippen molar-refractivity contribution in [3.8, 4) is 11.1 Å². The Morgan fingerprint density at radius 2 is 1.35 bits per heavy atom. The van der Waals surface area contributed by atoms with Crippen molar-refractivity contribution in [2.24, 2.45) is 17.8 Å². The second kappa shape index (κ2) is 15.2. The molecule has 0 unspecified atom stereocenters. The van der Waals surface area contributed by atoms with E-state index in [4.69, 9.17) is 0 Å².